The Morgan fingerprint density at radius 3 is 2.28 bits per heavy atom. The standard InChI is InChI=1S/C22H27BrClN3O4S/c1-5-20(22(29)25-3)26(13-16-6-8-17(24)9-7-16)21(28)14-27(32(4,30)31)18-10-11-19(23)15(2)12-18/h6-12,20H,5,13-14H2,1-4H3,(H,25,29)/t20-/m1/s1. The second-order valence-electron chi connectivity index (χ2n) is 7.39. The number of rotatable bonds is 9. The molecule has 7 nitrogen and oxygen atoms in total. The highest BCUT2D eigenvalue weighted by Gasteiger charge is 2.31. The number of sulfonamides is 1. The van der Waals surface area contributed by atoms with Crippen LogP contribution in [0.3, 0.4) is 0 Å². The van der Waals surface area contributed by atoms with Crippen molar-refractivity contribution in [2.24, 2.45) is 0 Å². The molecule has 174 valence electrons. The number of hydrogen-bond donors (Lipinski definition) is 1. The van der Waals surface area contributed by atoms with Crippen LogP contribution >= 0.6 is 27.5 Å². The fourth-order valence-electron chi connectivity index (χ4n) is 3.27. The Balaban J connectivity index is 2.43. The minimum absolute atomic E-state index is 0.138. The first kappa shape index (κ1) is 26.2. The summed E-state index contributed by atoms with van der Waals surface area (Å²) < 4.78 is 27.0. The largest absolute Gasteiger partial charge is 0.357 e. The highest BCUT2D eigenvalue weighted by Crippen LogP contribution is 2.25. The van der Waals surface area contributed by atoms with E-state index < -0.39 is 28.5 Å². The summed E-state index contributed by atoms with van der Waals surface area (Å²) in [7, 11) is -2.26. The number of nitrogens with one attached hydrogen (secondary N) is 1. The number of aryl methyl sites for hydroxylation is 1. The van der Waals surface area contributed by atoms with E-state index in [-0.39, 0.29) is 12.5 Å². The molecule has 0 aliphatic carbocycles. The van der Waals surface area contributed by atoms with E-state index in [9.17, 15) is 18.0 Å². The van der Waals surface area contributed by atoms with Crippen LogP contribution < -0.4 is 9.62 Å². The van der Waals surface area contributed by atoms with Gasteiger partial charge in [-0.2, -0.15) is 0 Å². The Morgan fingerprint density at radius 1 is 1.16 bits per heavy atom. The van der Waals surface area contributed by atoms with Crippen LogP contribution in [0.1, 0.15) is 24.5 Å². The Kier molecular flexibility index (Phi) is 9.12. The molecule has 2 aromatic carbocycles. The van der Waals surface area contributed by atoms with Crippen molar-refractivity contribution >= 4 is 55.1 Å². The molecule has 0 saturated carbocycles. The van der Waals surface area contributed by atoms with Gasteiger partial charge >= 0.3 is 0 Å². The van der Waals surface area contributed by atoms with Gasteiger partial charge < -0.3 is 10.2 Å². The third-order valence-electron chi connectivity index (χ3n) is 5.01. The topological polar surface area (TPSA) is 86.8 Å². The van der Waals surface area contributed by atoms with Crippen LogP contribution in [0.15, 0.2) is 46.9 Å². The van der Waals surface area contributed by atoms with Crippen LogP contribution in [0.4, 0.5) is 5.69 Å². The lowest BCUT2D eigenvalue weighted by Gasteiger charge is -2.32. The quantitative estimate of drug-likeness (QED) is 0.521. The molecule has 1 N–H and O–H groups in total. The molecule has 2 aromatic rings. The fraction of sp³-hybridized carbons (Fsp3) is 0.364. The molecule has 0 bridgehead atoms. The molecule has 0 saturated heterocycles. The Bertz CT molecular complexity index is 1080. The number of anilines is 1. The van der Waals surface area contributed by atoms with Crippen molar-refractivity contribution in [3.05, 3.63) is 63.1 Å². The van der Waals surface area contributed by atoms with Crippen LogP contribution in [0, 0.1) is 6.92 Å². The van der Waals surface area contributed by atoms with Gasteiger partial charge in [-0.3, -0.25) is 13.9 Å². The van der Waals surface area contributed by atoms with E-state index in [0.29, 0.717) is 17.1 Å². The highest BCUT2D eigenvalue weighted by atomic mass is 79.9. The van der Waals surface area contributed by atoms with E-state index >= 15 is 0 Å². The molecule has 2 amide bonds. The van der Waals surface area contributed by atoms with Crippen molar-refractivity contribution in [2.75, 3.05) is 24.2 Å². The van der Waals surface area contributed by atoms with Crippen LogP contribution in [-0.2, 0) is 26.2 Å². The zero-order valence-corrected chi connectivity index (χ0v) is 21.6. The molecule has 0 radical (unpaired) electrons. The molecule has 0 aromatic heterocycles. The SMILES string of the molecule is CC[C@H](C(=O)NC)N(Cc1ccc(Cl)cc1)C(=O)CN(c1ccc(Br)c(C)c1)S(C)(=O)=O. The zero-order valence-electron chi connectivity index (χ0n) is 18.4. The summed E-state index contributed by atoms with van der Waals surface area (Å²) in [5.74, 6) is -0.804. The van der Waals surface area contributed by atoms with Gasteiger partial charge in [0, 0.05) is 23.1 Å². The molecule has 1 atom stereocenters. The van der Waals surface area contributed by atoms with Crippen molar-refractivity contribution in [1.29, 1.82) is 0 Å². The summed E-state index contributed by atoms with van der Waals surface area (Å²) in [6, 6.07) is 11.2. The normalized spacial score (nSPS) is 12.2. The van der Waals surface area contributed by atoms with Gasteiger partial charge in [-0.1, -0.05) is 46.6 Å². The molecule has 0 spiro atoms. The zero-order chi connectivity index (χ0) is 24.1. The third-order valence-corrected chi connectivity index (χ3v) is 7.29. The maximum absolute atomic E-state index is 13.4. The third kappa shape index (κ3) is 6.70. The molecule has 0 heterocycles. The van der Waals surface area contributed by atoms with Crippen molar-refractivity contribution in [1.82, 2.24) is 10.2 Å². The monoisotopic (exact) mass is 543 g/mol. The number of carbonyl (C=O) groups excluding carboxylic acids is 2. The molecule has 0 aliphatic rings. The first-order valence-corrected chi connectivity index (χ1v) is 13.0. The lowest BCUT2D eigenvalue weighted by molar-refractivity contribution is -0.140. The van der Waals surface area contributed by atoms with Gasteiger partial charge in [0.2, 0.25) is 21.8 Å². The Morgan fingerprint density at radius 2 is 1.78 bits per heavy atom. The van der Waals surface area contributed by atoms with Crippen molar-refractivity contribution in [2.45, 2.75) is 32.9 Å². The van der Waals surface area contributed by atoms with Gasteiger partial charge in [-0.05, 0) is 54.8 Å². The minimum Gasteiger partial charge on any atom is -0.357 e. The van der Waals surface area contributed by atoms with Gasteiger partial charge in [0.15, 0.2) is 0 Å². The average Bonchev–Trinajstić information content (AvgIpc) is 2.74. The molecule has 0 unspecified atom stereocenters. The maximum atomic E-state index is 13.4. The van der Waals surface area contributed by atoms with E-state index in [2.05, 4.69) is 21.2 Å². The van der Waals surface area contributed by atoms with Crippen molar-refractivity contribution in [3.8, 4) is 0 Å². The van der Waals surface area contributed by atoms with E-state index in [1.54, 1.807) is 49.4 Å². The van der Waals surface area contributed by atoms with E-state index in [1.165, 1.54) is 11.9 Å². The van der Waals surface area contributed by atoms with Gasteiger partial charge in [0.25, 0.3) is 0 Å². The maximum Gasteiger partial charge on any atom is 0.244 e. The smallest absolute Gasteiger partial charge is 0.244 e. The van der Waals surface area contributed by atoms with Gasteiger partial charge in [0.05, 0.1) is 11.9 Å². The summed E-state index contributed by atoms with van der Waals surface area (Å²) in [6.07, 6.45) is 1.42. The van der Waals surface area contributed by atoms with Crippen LogP contribution in [0.2, 0.25) is 5.02 Å². The number of amides is 2. The van der Waals surface area contributed by atoms with Crippen LogP contribution in [-0.4, -0.2) is 51.0 Å². The van der Waals surface area contributed by atoms with Crippen LogP contribution in [0.25, 0.3) is 0 Å². The molecular formula is C22H27BrClN3O4S. The van der Waals surface area contributed by atoms with Crippen molar-refractivity contribution < 1.29 is 18.0 Å². The first-order valence-electron chi connectivity index (χ1n) is 9.97. The van der Waals surface area contributed by atoms with E-state index in [1.807, 2.05) is 6.92 Å². The summed E-state index contributed by atoms with van der Waals surface area (Å²) >= 11 is 9.36. The average molecular weight is 545 g/mol. The number of hydrogen-bond acceptors (Lipinski definition) is 4. The van der Waals surface area contributed by atoms with Gasteiger partial charge in [0.1, 0.15) is 12.6 Å². The van der Waals surface area contributed by atoms with Gasteiger partial charge in [-0.25, -0.2) is 8.42 Å². The second kappa shape index (κ2) is 11.2. The van der Waals surface area contributed by atoms with E-state index in [0.717, 1.165) is 26.2 Å². The molecule has 32 heavy (non-hydrogen) atoms. The van der Waals surface area contributed by atoms with Crippen LogP contribution in [0.5, 0.6) is 0 Å². The summed E-state index contributed by atoms with van der Waals surface area (Å²) in [4.78, 5) is 27.3. The second-order valence-corrected chi connectivity index (χ2v) is 10.6. The molecule has 2 rings (SSSR count). The number of halogens is 2. The van der Waals surface area contributed by atoms with Gasteiger partial charge in [-0.15, -0.1) is 0 Å². The number of benzene rings is 2. The molecule has 0 fully saturated rings. The lowest BCUT2D eigenvalue weighted by atomic mass is 10.1. The Hall–Kier alpha value is -2.10. The predicted octanol–water partition coefficient (Wildman–Crippen LogP) is 3.73. The van der Waals surface area contributed by atoms with Crippen molar-refractivity contribution in [3.63, 3.8) is 0 Å². The molecule has 0 aliphatic heterocycles. The molecular weight excluding hydrogens is 518 g/mol. The predicted molar refractivity (Wildman–Crippen MR) is 131 cm³/mol. The number of nitrogens with zero attached hydrogens (tertiary/aromatic N) is 2. The number of likely N-dealkylation sites (N-methyl/N-ethyl adjacent to an activating group) is 1. The molecule has 10 heteroatoms. The van der Waals surface area contributed by atoms with E-state index in [4.69, 9.17) is 11.6 Å². The lowest BCUT2D eigenvalue weighted by Crippen LogP contribution is -2.51. The summed E-state index contributed by atoms with van der Waals surface area (Å²) in [5.41, 5.74) is 1.98. The first-order chi connectivity index (χ1) is 15.0. The summed E-state index contributed by atoms with van der Waals surface area (Å²) in [5, 5.41) is 3.14. The summed E-state index contributed by atoms with van der Waals surface area (Å²) in [6.45, 7) is 3.34. The Labute approximate surface area is 202 Å². The highest BCUT2D eigenvalue weighted by molar-refractivity contribution is 9.10. The minimum atomic E-state index is -3.76. The number of carbonyl (C=O) groups is 2. The fourth-order valence-corrected chi connectivity index (χ4v) is 4.48.